The van der Waals surface area contributed by atoms with E-state index in [1.807, 2.05) is 6.07 Å². The molecule has 0 radical (unpaired) electrons. The average molecular weight is 370 g/mol. The predicted octanol–water partition coefficient (Wildman–Crippen LogP) is 3.77. The molecule has 1 aromatic carbocycles. The van der Waals surface area contributed by atoms with Crippen molar-refractivity contribution in [2.75, 3.05) is 12.8 Å². The Bertz CT molecular complexity index is 601. The molecular formula is C15H16BrNO3S. The summed E-state index contributed by atoms with van der Waals surface area (Å²) in [6.07, 6.45) is 5.20. The van der Waals surface area contributed by atoms with Gasteiger partial charge >= 0.3 is 5.97 Å². The number of carboxylic acid groups (broad SMARTS) is 1. The molecule has 0 aromatic heterocycles. The summed E-state index contributed by atoms with van der Waals surface area (Å²) in [4.78, 5) is 25.7. The van der Waals surface area contributed by atoms with Crippen LogP contribution in [0.5, 0.6) is 0 Å². The van der Waals surface area contributed by atoms with Crippen LogP contribution in [-0.2, 0) is 4.79 Å². The third kappa shape index (κ3) is 4.11. The number of nitrogens with zero attached hydrogens (tertiary/aromatic N) is 1. The predicted molar refractivity (Wildman–Crippen MR) is 86.5 cm³/mol. The lowest BCUT2D eigenvalue weighted by molar-refractivity contribution is -0.125. The molecule has 0 bridgehead atoms. The maximum atomic E-state index is 12.1. The largest absolute Gasteiger partial charge is 0.478 e. The Balaban J connectivity index is 1.98. The molecule has 0 saturated heterocycles. The summed E-state index contributed by atoms with van der Waals surface area (Å²) in [6.45, 7) is 0. The second-order valence-corrected chi connectivity index (χ2v) is 6.68. The second-order valence-electron chi connectivity index (χ2n) is 4.78. The molecule has 0 aliphatic heterocycles. The third-order valence-corrected chi connectivity index (χ3v) is 5.02. The summed E-state index contributed by atoms with van der Waals surface area (Å²) in [7, 11) is 1.80. The van der Waals surface area contributed by atoms with E-state index in [0.29, 0.717) is 10.2 Å². The Kier molecular flexibility index (Phi) is 5.47. The van der Waals surface area contributed by atoms with Crippen LogP contribution in [0.2, 0.25) is 0 Å². The molecule has 0 heterocycles. The minimum atomic E-state index is -0.983. The van der Waals surface area contributed by atoms with Crippen molar-refractivity contribution in [3.05, 3.63) is 40.0 Å². The summed E-state index contributed by atoms with van der Waals surface area (Å²) in [6, 6.07) is 5.09. The molecular weight excluding hydrogens is 354 g/mol. The summed E-state index contributed by atoms with van der Waals surface area (Å²) >= 11 is 4.56. The lowest BCUT2D eigenvalue weighted by atomic mass is 10.2. The van der Waals surface area contributed by atoms with Gasteiger partial charge in [-0.2, -0.15) is 0 Å². The number of carbonyl (C=O) groups excluding carboxylic acids is 1. The van der Waals surface area contributed by atoms with Crippen LogP contribution in [0.15, 0.2) is 39.3 Å². The number of thioether (sulfide) groups is 1. The van der Waals surface area contributed by atoms with Crippen molar-refractivity contribution in [2.45, 2.75) is 24.2 Å². The highest BCUT2D eigenvalue weighted by Gasteiger charge is 2.16. The van der Waals surface area contributed by atoms with Gasteiger partial charge in [-0.25, -0.2) is 4.79 Å². The van der Waals surface area contributed by atoms with Crippen LogP contribution in [-0.4, -0.2) is 34.7 Å². The van der Waals surface area contributed by atoms with Gasteiger partial charge in [0.25, 0.3) is 0 Å². The number of benzene rings is 1. The molecule has 0 unspecified atom stereocenters. The Morgan fingerprint density at radius 2 is 2.19 bits per heavy atom. The number of hydrogen-bond donors (Lipinski definition) is 1. The molecule has 0 spiro atoms. The van der Waals surface area contributed by atoms with E-state index in [1.54, 1.807) is 24.1 Å². The highest BCUT2D eigenvalue weighted by Crippen LogP contribution is 2.26. The quantitative estimate of drug-likeness (QED) is 0.802. The number of halogens is 1. The molecule has 1 aliphatic rings. The van der Waals surface area contributed by atoms with Crippen molar-refractivity contribution in [3.8, 4) is 0 Å². The number of aromatic carboxylic acids is 1. The first-order chi connectivity index (χ1) is 9.99. The Morgan fingerprint density at radius 3 is 2.81 bits per heavy atom. The van der Waals surface area contributed by atoms with Crippen molar-refractivity contribution < 1.29 is 14.7 Å². The van der Waals surface area contributed by atoms with E-state index in [2.05, 4.69) is 22.0 Å². The minimum absolute atomic E-state index is 0.0351. The maximum absolute atomic E-state index is 12.1. The van der Waals surface area contributed by atoms with Gasteiger partial charge in [0.05, 0.1) is 11.3 Å². The zero-order valence-corrected chi connectivity index (χ0v) is 14.0. The zero-order chi connectivity index (χ0) is 15.4. The van der Waals surface area contributed by atoms with E-state index in [9.17, 15) is 9.59 Å². The second kappa shape index (κ2) is 7.13. The van der Waals surface area contributed by atoms with E-state index in [-0.39, 0.29) is 11.5 Å². The summed E-state index contributed by atoms with van der Waals surface area (Å²) in [5, 5.41) is 9.08. The monoisotopic (exact) mass is 369 g/mol. The molecule has 1 N–H and O–H groups in total. The van der Waals surface area contributed by atoms with E-state index < -0.39 is 5.97 Å². The summed E-state index contributed by atoms with van der Waals surface area (Å²) in [5.74, 6) is -0.647. The van der Waals surface area contributed by atoms with E-state index in [0.717, 1.165) is 29.9 Å². The van der Waals surface area contributed by atoms with Crippen LogP contribution in [0.4, 0.5) is 0 Å². The number of carbonyl (C=O) groups is 2. The highest BCUT2D eigenvalue weighted by atomic mass is 79.9. The van der Waals surface area contributed by atoms with Gasteiger partial charge in [-0.3, -0.25) is 4.79 Å². The first-order valence-corrected chi connectivity index (χ1v) is 8.38. The lowest BCUT2D eigenvalue weighted by Gasteiger charge is -2.18. The third-order valence-electron chi connectivity index (χ3n) is 3.35. The maximum Gasteiger partial charge on any atom is 0.336 e. The van der Waals surface area contributed by atoms with E-state index in [1.165, 1.54) is 11.8 Å². The molecule has 112 valence electrons. The Morgan fingerprint density at radius 1 is 1.43 bits per heavy atom. The van der Waals surface area contributed by atoms with Gasteiger partial charge < -0.3 is 10.0 Å². The van der Waals surface area contributed by atoms with Gasteiger partial charge in [-0.05, 0) is 53.4 Å². The fourth-order valence-electron chi connectivity index (χ4n) is 2.12. The molecule has 4 nitrogen and oxygen atoms in total. The normalized spacial score (nSPS) is 13.9. The average Bonchev–Trinajstić information content (AvgIpc) is 2.99. The van der Waals surface area contributed by atoms with Crippen LogP contribution >= 0.6 is 27.7 Å². The van der Waals surface area contributed by atoms with E-state index in [4.69, 9.17) is 5.11 Å². The molecule has 0 atom stereocenters. The first-order valence-electron chi connectivity index (χ1n) is 6.60. The van der Waals surface area contributed by atoms with Crippen molar-refractivity contribution >= 4 is 39.6 Å². The molecule has 0 saturated carbocycles. The fourth-order valence-corrected chi connectivity index (χ4v) is 3.38. The standard InChI is InChI=1S/C15H16BrNO3S/c1-17(10-4-2-3-5-10)14(18)9-21-11-6-7-13(16)12(8-11)15(19)20/h4,6-8H,2-3,5,9H2,1H3,(H,19,20). The Labute approximate surface area is 136 Å². The smallest absolute Gasteiger partial charge is 0.336 e. The first kappa shape index (κ1) is 16.1. The number of allylic oxidation sites excluding steroid dienone is 2. The molecule has 21 heavy (non-hydrogen) atoms. The lowest BCUT2D eigenvalue weighted by Crippen LogP contribution is -2.26. The molecule has 0 fully saturated rings. The SMILES string of the molecule is CN(C(=O)CSc1ccc(Br)c(C(=O)O)c1)C1=CCCC1. The molecule has 2 rings (SSSR count). The van der Waals surface area contributed by atoms with Crippen LogP contribution < -0.4 is 0 Å². The number of rotatable bonds is 5. The molecule has 1 aliphatic carbocycles. The summed E-state index contributed by atoms with van der Waals surface area (Å²) < 4.78 is 0.541. The molecule has 1 amide bonds. The Hall–Kier alpha value is -1.27. The van der Waals surface area contributed by atoms with Gasteiger partial charge in [0.1, 0.15) is 0 Å². The highest BCUT2D eigenvalue weighted by molar-refractivity contribution is 9.10. The van der Waals surface area contributed by atoms with Crippen molar-refractivity contribution in [1.82, 2.24) is 4.90 Å². The van der Waals surface area contributed by atoms with Crippen LogP contribution in [0.25, 0.3) is 0 Å². The minimum Gasteiger partial charge on any atom is -0.478 e. The van der Waals surface area contributed by atoms with Crippen molar-refractivity contribution in [3.63, 3.8) is 0 Å². The van der Waals surface area contributed by atoms with Crippen LogP contribution in [0.3, 0.4) is 0 Å². The molecule has 1 aromatic rings. The van der Waals surface area contributed by atoms with Gasteiger partial charge in [0.15, 0.2) is 0 Å². The van der Waals surface area contributed by atoms with Gasteiger partial charge in [0, 0.05) is 22.1 Å². The van der Waals surface area contributed by atoms with Crippen molar-refractivity contribution in [1.29, 1.82) is 0 Å². The van der Waals surface area contributed by atoms with Gasteiger partial charge in [-0.1, -0.05) is 6.08 Å². The number of hydrogen-bond acceptors (Lipinski definition) is 3. The van der Waals surface area contributed by atoms with Gasteiger partial charge in [-0.15, -0.1) is 11.8 Å². The topological polar surface area (TPSA) is 57.6 Å². The van der Waals surface area contributed by atoms with Gasteiger partial charge in [0.2, 0.25) is 5.91 Å². The van der Waals surface area contributed by atoms with Crippen LogP contribution in [0, 0.1) is 0 Å². The zero-order valence-electron chi connectivity index (χ0n) is 11.6. The van der Waals surface area contributed by atoms with Crippen molar-refractivity contribution in [2.24, 2.45) is 0 Å². The number of amides is 1. The van der Waals surface area contributed by atoms with E-state index >= 15 is 0 Å². The van der Waals surface area contributed by atoms with Crippen LogP contribution in [0.1, 0.15) is 29.6 Å². The number of carboxylic acids is 1. The fraction of sp³-hybridized carbons (Fsp3) is 0.333. The molecule has 6 heteroatoms. The summed E-state index contributed by atoms with van der Waals surface area (Å²) in [5.41, 5.74) is 1.29.